The Bertz CT molecular complexity index is 684. The summed E-state index contributed by atoms with van der Waals surface area (Å²) in [6.45, 7) is 3.78. The van der Waals surface area contributed by atoms with E-state index in [1.165, 1.54) is 25.8 Å². The average Bonchev–Trinajstić information content (AvgIpc) is 3.15. The van der Waals surface area contributed by atoms with Gasteiger partial charge in [-0.15, -0.1) is 0 Å². The SMILES string of the molecule is O=C(c1cccnc1-n1cccn1)N1CCN2CCCCC2C1. The maximum Gasteiger partial charge on any atom is 0.257 e. The first kappa shape index (κ1) is 14.4. The Morgan fingerprint density at radius 1 is 1.13 bits per heavy atom. The summed E-state index contributed by atoms with van der Waals surface area (Å²) >= 11 is 0. The van der Waals surface area contributed by atoms with Gasteiger partial charge in [0.2, 0.25) is 0 Å². The maximum atomic E-state index is 13.0. The average molecular weight is 311 g/mol. The van der Waals surface area contributed by atoms with E-state index in [0.29, 0.717) is 17.4 Å². The minimum Gasteiger partial charge on any atom is -0.336 e. The van der Waals surface area contributed by atoms with Crippen LogP contribution in [0.5, 0.6) is 0 Å². The smallest absolute Gasteiger partial charge is 0.257 e. The minimum atomic E-state index is 0.0637. The Morgan fingerprint density at radius 2 is 2.09 bits per heavy atom. The third-order valence-corrected chi connectivity index (χ3v) is 4.86. The lowest BCUT2D eigenvalue weighted by atomic mass is 9.99. The monoisotopic (exact) mass is 311 g/mol. The van der Waals surface area contributed by atoms with Crippen molar-refractivity contribution in [2.75, 3.05) is 26.2 Å². The van der Waals surface area contributed by atoms with Gasteiger partial charge < -0.3 is 4.90 Å². The molecule has 0 saturated carbocycles. The molecule has 6 nitrogen and oxygen atoms in total. The van der Waals surface area contributed by atoms with Gasteiger partial charge in [0.15, 0.2) is 5.82 Å². The molecule has 2 fully saturated rings. The predicted octanol–water partition coefficient (Wildman–Crippen LogP) is 1.58. The van der Waals surface area contributed by atoms with E-state index < -0.39 is 0 Å². The second-order valence-electron chi connectivity index (χ2n) is 6.26. The summed E-state index contributed by atoms with van der Waals surface area (Å²) in [4.78, 5) is 21.9. The number of piperidine rings is 1. The van der Waals surface area contributed by atoms with Crippen LogP contribution in [0.4, 0.5) is 0 Å². The largest absolute Gasteiger partial charge is 0.336 e. The van der Waals surface area contributed by atoms with Crippen molar-refractivity contribution in [2.24, 2.45) is 0 Å². The fourth-order valence-electron chi connectivity index (χ4n) is 3.65. The fourth-order valence-corrected chi connectivity index (χ4v) is 3.65. The number of fused-ring (bicyclic) bond motifs is 1. The lowest BCUT2D eigenvalue weighted by Crippen LogP contribution is -2.56. The Labute approximate surface area is 135 Å². The van der Waals surface area contributed by atoms with E-state index in [2.05, 4.69) is 15.0 Å². The molecule has 0 bridgehead atoms. The van der Waals surface area contributed by atoms with Crippen LogP contribution >= 0.6 is 0 Å². The van der Waals surface area contributed by atoms with Gasteiger partial charge in [-0.05, 0) is 37.6 Å². The molecule has 2 aromatic heterocycles. The van der Waals surface area contributed by atoms with Crippen LogP contribution in [0.1, 0.15) is 29.6 Å². The highest BCUT2D eigenvalue weighted by atomic mass is 16.2. The number of piperazine rings is 1. The van der Waals surface area contributed by atoms with E-state index in [1.807, 2.05) is 29.3 Å². The molecule has 2 aliphatic rings. The van der Waals surface area contributed by atoms with Crippen molar-refractivity contribution in [1.29, 1.82) is 0 Å². The van der Waals surface area contributed by atoms with Gasteiger partial charge >= 0.3 is 0 Å². The highest BCUT2D eigenvalue weighted by Gasteiger charge is 2.32. The molecule has 23 heavy (non-hydrogen) atoms. The zero-order valence-corrected chi connectivity index (χ0v) is 13.1. The first-order chi connectivity index (χ1) is 11.3. The number of carbonyl (C=O) groups excluding carboxylic acids is 1. The summed E-state index contributed by atoms with van der Waals surface area (Å²) in [6, 6.07) is 6.02. The number of rotatable bonds is 2. The van der Waals surface area contributed by atoms with Crippen molar-refractivity contribution in [2.45, 2.75) is 25.3 Å². The fraction of sp³-hybridized carbons (Fsp3) is 0.471. The van der Waals surface area contributed by atoms with Crippen molar-refractivity contribution >= 4 is 5.91 Å². The highest BCUT2D eigenvalue weighted by molar-refractivity contribution is 5.97. The second-order valence-corrected chi connectivity index (χ2v) is 6.26. The molecule has 6 heteroatoms. The molecule has 120 valence electrons. The van der Waals surface area contributed by atoms with Crippen LogP contribution in [0.2, 0.25) is 0 Å². The van der Waals surface area contributed by atoms with Crippen LogP contribution < -0.4 is 0 Å². The highest BCUT2D eigenvalue weighted by Crippen LogP contribution is 2.23. The predicted molar refractivity (Wildman–Crippen MR) is 86.5 cm³/mol. The van der Waals surface area contributed by atoms with Gasteiger partial charge in [0, 0.05) is 44.3 Å². The molecule has 0 aromatic carbocycles. The lowest BCUT2D eigenvalue weighted by Gasteiger charge is -2.44. The molecular weight excluding hydrogens is 290 g/mol. The summed E-state index contributed by atoms with van der Waals surface area (Å²) in [5.41, 5.74) is 0.625. The van der Waals surface area contributed by atoms with Gasteiger partial charge in [-0.2, -0.15) is 5.10 Å². The number of carbonyl (C=O) groups is 1. The summed E-state index contributed by atoms with van der Waals surface area (Å²) < 4.78 is 1.66. The van der Waals surface area contributed by atoms with Crippen molar-refractivity contribution in [1.82, 2.24) is 24.6 Å². The van der Waals surface area contributed by atoms with Crippen LogP contribution in [0, 0.1) is 0 Å². The second kappa shape index (κ2) is 6.12. The molecule has 2 saturated heterocycles. The molecule has 1 atom stereocenters. The lowest BCUT2D eigenvalue weighted by molar-refractivity contribution is 0.0372. The Hall–Kier alpha value is -2.21. The van der Waals surface area contributed by atoms with Crippen molar-refractivity contribution in [3.63, 3.8) is 0 Å². The standard InChI is InChI=1S/C17H21N5O/c23-17(21-12-11-20-9-2-1-5-14(20)13-21)15-6-3-7-18-16(15)22-10-4-8-19-22/h3-4,6-8,10,14H,1-2,5,9,11-13H2. The quantitative estimate of drug-likeness (QED) is 0.845. The molecule has 2 aliphatic heterocycles. The summed E-state index contributed by atoms with van der Waals surface area (Å²) in [5.74, 6) is 0.669. The maximum absolute atomic E-state index is 13.0. The third kappa shape index (κ3) is 2.74. The van der Waals surface area contributed by atoms with Crippen molar-refractivity contribution in [3.8, 4) is 5.82 Å². The first-order valence-electron chi connectivity index (χ1n) is 8.31. The first-order valence-corrected chi connectivity index (χ1v) is 8.31. The van der Waals surface area contributed by atoms with Gasteiger partial charge in [-0.25, -0.2) is 9.67 Å². The molecule has 0 N–H and O–H groups in total. The molecule has 4 rings (SSSR count). The van der Waals surface area contributed by atoms with Crippen LogP contribution in [0.25, 0.3) is 5.82 Å². The molecule has 0 aliphatic carbocycles. The van der Waals surface area contributed by atoms with E-state index in [-0.39, 0.29) is 5.91 Å². The number of aromatic nitrogens is 3. The van der Waals surface area contributed by atoms with Crippen LogP contribution in [0.15, 0.2) is 36.8 Å². The van der Waals surface area contributed by atoms with Gasteiger partial charge in [-0.3, -0.25) is 9.69 Å². The number of pyridine rings is 1. The molecule has 0 radical (unpaired) electrons. The van der Waals surface area contributed by atoms with E-state index >= 15 is 0 Å². The molecule has 1 amide bonds. The molecule has 0 spiro atoms. The topological polar surface area (TPSA) is 54.3 Å². The van der Waals surface area contributed by atoms with E-state index in [0.717, 1.165) is 19.6 Å². The van der Waals surface area contributed by atoms with Gasteiger partial charge in [-0.1, -0.05) is 6.42 Å². The Balaban J connectivity index is 1.58. The van der Waals surface area contributed by atoms with Crippen LogP contribution in [-0.2, 0) is 0 Å². The van der Waals surface area contributed by atoms with Crippen molar-refractivity contribution in [3.05, 3.63) is 42.4 Å². The summed E-state index contributed by atoms with van der Waals surface area (Å²) in [5, 5.41) is 4.22. The zero-order valence-electron chi connectivity index (χ0n) is 13.1. The number of hydrogen-bond acceptors (Lipinski definition) is 4. The normalized spacial score (nSPS) is 21.9. The van der Waals surface area contributed by atoms with Gasteiger partial charge in [0.1, 0.15) is 0 Å². The minimum absolute atomic E-state index is 0.0637. The third-order valence-electron chi connectivity index (χ3n) is 4.86. The summed E-state index contributed by atoms with van der Waals surface area (Å²) in [7, 11) is 0. The van der Waals surface area contributed by atoms with E-state index in [4.69, 9.17) is 0 Å². The van der Waals surface area contributed by atoms with Crippen molar-refractivity contribution < 1.29 is 4.79 Å². The molecule has 1 unspecified atom stereocenters. The van der Waals surface area contributed by atoms with Gasteiger partial charge in [0.25, 0.3) is 5.91 Å². The molecular formula is C17H21N5O. The Morgan fingerprint density at radius 3 is 2.96 bits per heavy atom. The van der Waals surface area contributed by atoms with Crippen LogP contribution in [-0.4, -0.2) is 62.7 Å². The van der Waals surface area contributed by atoms with E-state index in [9.17, 15) is 4.79 Å². The van der Waals surface area contributed by atoms with Gasteiger partial charge in [0.05, 0.1) is 5.56 Å². The van der Waals surface area contributed by atoms with Crippen LogP contribution in [0.3, 0.4) is 0 Å². The molecule has 4 heterocycles. The number of hydrogen-bond donors (Lipinski definition) is 0. The Kier molecular flexibility index (Phi) is 3.83. The number of amides is 1. The zero-order chi connectivity index (χ0) is 15.6. The summed E-state index contributed by atoms with van der Waals surface area (Å²) in [6.07, 6.45) is 8.97. The number of nitrogens with zero attached hydrogens (tertiary/aromatic N) is 5. The molecule has 2 aromatic rings. The van der Waals surface area contributed by atoms with E-state index in [1.54, 1.807) is 17.1 Å².